The van der Waals surface area contributed by atoms with Gasteiger partial charge in [-0.05, 0) is 32.8 Å². The molecule has 0 bridgehead atoms. The molecule has 1 heterocycles. The minimum Gasteiger partial charge on any atom is -0.336 e. The fraction of sp³-hybridized carbons (Fsp3) is 0.667. The molecule has 4 heteroatoms. The number of rotatable bonds is 2. The Labute approximate surface area is 95.9 Å². The zero-order chi connectivity index (χ0) is 11.9. The first kappa shape index (κ1) is 11.2. The van der Waals surface area contributed by atoms with Crippen LogP contribution in [0, 0.1) is 0 Å². The lowest BCUT2D eigenvalue weighted by Crippen LogP contribution is -2.61. The molecule has 0 radical (unpaired) electrons. The first-order valence-corrected chi connectivity index (χ1v) is 5.78. The lowest BCUT2D eigenvalue weighted by Gasteiger charge is -2.42. The molecule has 2 aliphatic rings. The second-order valence-corrected chi connectivity index (χ2v) is 4.82. The highest BCUT2D eigenvalue weighted by atomic mass is 16.2. The highest BCUT2D eigenvalue weighted by Gasteiger charge is 2.59. The summed E-state index contributed by atoms with van der Waals surface area (Å²) in [5.41, 5.74) is -0.520. The number of nitrogens with zero attached hydrogens (tertiary/aromatic N) is 2. The summed E-state index contributed by atoms with van der Waals surface area (Å²) in [5, 5.41) is 0. The maximum atomic E-state index is 12.3. The van der Waals surface area contributed by atoms with Crippen LogP contribution in [0.1, 0.15) is 26.7 Å². The Hall–Kier alpha value is -1.32. The summed E-state index contributed by atoms with van der Waals surface area (Å²) in [6.45, 7) is 8.79. The largest absolute Gasteiger partial charge is 0.336 e. The molecule has 0 unspecified atom stereocenters. The molecule has 2 amide bonds. The third-order valence-corrected chi connectivity index (χ3v) is 3.53. The zero-order valence-electron chi connectivity index (χ0n) is 9.90. The van der Waals surface area contributed by atoms with Crippen LogP contribution in [0.3, 0.4) is 0 Å². The molecule has 4 nitrogen and oxygen atoms in total. The third-order valence-electron chi connectivity index (χ3n) is 3.53. The van der Waals surface area contributed by atoms with Gasteiger partial charge in [0.05, 0.1) is 0 Å². The molecule has 1 aliphatic heterocycles. The van der Waals surface area contributed by atoms with E-state index in [4.69, 9.17) is 0 Å². The van der Waals surface area contributed by atoms with Gasteiger partial charge in [-0.1, -0.05) is 6.58 Å². The summed E-state index contributed by atoms with van der Waals surface area (Å²) < 4.78 is 0. The van der Waals surface area contributed by atoms with Gasteiger partial charge in [-0.25, -0.2) is 0 Å². The Bertz CT molecular complexity index is 345. The molecule has 2 fully saturated rings. The van der Waals surface area contributed by atoms with Gasteiger partial charge in [0.2, 0.25) is 11.8 Å². The van der Waals surface area contributed by atoms with Crippen LogP contribution in [0.25, 0.3) is 0 Å². The third kappa shape index (κ3) is 1.44. The minimum absolute atomic E-state index is 0.115. The van der Waals surface area contributed by atoms with Gasteiger partial charge in [-0.3, -0.25) is 9.59 Å². The van der Waals surface area contributed by atoms with Crippen molar-refractivity contribution >= 4 is 11.8 Å². The van der Waals surface area contributed by atoms with E-state index < -0.39 is 5.54 Å². The summed E-state index contributed by atoms with van der Waals surface area (Å²) in [6, 6.07) is 0.214. The molecule has 0 atom stereocenters. The molecule has 1 aliphatic carbocycles. The van der Waals surface area contributed by atoms with Crippen LogP contribution in [0.5, 0.6) is 0 Å². The van der Waals surface area contributed by atoms with E-state index in [9.17, 15) is 9.59 Å². The van der Waals surface area contributed by atoms with Crippen molar-refractivity contribution < 1.29 is 9.59 Å². The molecule has 0 aromatic heterocycles. The van der Waals surface area contributed by atoms with Gasteiger partial charge < -0.3 is 9.80 Å². The van der Waals surface area contributed by atoms with Crippen molar-refractivity contribution in [3.05, 3.63) is 12.7 Å². The monoisotopic (exact) mass is 222 g/mol. The first-order valence-electron chi connectivity index (χ1n) is 5.78. The highest BCUT2D eigenvalue weighted by molar-refractivity contribution is 5.98. The summed E-state index contributed by atoms with van der Waals surface area (Å²) in [5.74, 6) is -0.00166. The van der Waals surface area contributed by atoms with Gasteiger partial charge in [-0.15, -0.1) is 0 Å². The molecule has 0 aromatic rings. The smallest absolute Gasteiger partial charge is 0.248 e. The van der Waals surface area contributed by atoms with E-state index >= 15 is 0 Å². The highest BCUT2D eigenvalue weighted by Crippen LogP contribution is 2.45. The average molecular weight is 222 g/mol. The quantitative estimate of drug-likeness (QED) is 0.648. The van der Waals surface area contributed by atoms with E-state index in [-0.39, 0.29) is 17.9 Å². The Morgan fingerprint density at radius 1 is 1.44 bits per heavy atom. The lowest BCUT2D eigenvalue weighted by molar-refractivity contribution is -0.153. The van der Waals surface area contributed by atoms with Gasteiger partial charge in [0.1, 0.15) is 5.54 Å². The summed E-state index contributed by atoms with van der Waals surface area (Å²) in [7, 11) is 0. The van der Waals surface area contributed by atoms with Crippen molar-refractivity contribution in [1.29, 1.82) is 0 Å². The zero-order valence-corrected chi connectivity index (χ0v) is 9.90. The van der Waals surface area contributed by atoms with Crippen molar-refractivity contribution in [3.8, 4) is 0 Å². The van der Waals surface area contributed by atoms with Gasteiger partial charge >= 0.3 is 0 Å². The van der Waals surface area contributed by atoms with E-state index in [1.807, 2.05) is 18.7 Å². The summed E-state index contributed by atoms with van der Waals surface area (Å²) >= 11 is 0. The van der Waals surface area contributed by atoms with E-state index in [1.54, 1.807) is 4.90 Å². The molecule has 1 spiro atoms. The number of piperazine rings is 1. The van der Waals surface area contributed by atoms with Gasteiger partial charge in [-0.2, -0.15) is 0 Å². The first-order chi connectivity index (χ1) is 7.53. The second-order valence-electron chi connectivity index (χ2n) is 4.82. The van der Waals surface area contributed by atoms with Gasteiger partial charge in [0, 0.05) is 19.1 Å². The van der Waals surface area contributed by atoms with Gasteiger partial charge in [0.25, 0.3) is 0 Å². The second kappa shape index (κ2) is 3.61. The lowest BCUT2D eigenvalue weighted by atomic mass is 10.1. The minimum atomic E-state index is -0.520. The van der Waals surface area contributed by atoms with Crippen LogP contribution in [0.15, 0.2) is 12.7 Å². The van der Waals surface area contributed by atoms with Crippen LogP contribution in [0.2, 0.25) is 0 Å². The molecule has 88 valence electrons. The molecular weight excluding hydrogens is 204 g/mol. The molecule has 0 N–H and O–H groups in total. The number of carbonyl (C=O) groups excluding carboxylic acids is 2. The van der Waals surface area contributed by atoms with Crippen molar-refractivity contribution in [3.63, 3.8) is 0 Å². The molecule has 1 saturated carbocycles. The molecule has 0 aromatic carbocycles. The van der Waals surface area contributed by atoms with Crippen LogP contribution in [-0.2, 0) is 9.59 Å². The molecule has 1 saturated heterocycles. The Balaban J connectivity index is 2.22. The Morgan fingerprint density at radius 3 is 2.50 bits per heavy atom. The van der Waals surface area contributed by atoms with Crippen LogP contribution < -0.4 is 0 Å². The predicted octanol–water partition coefficient (Wildman–Crippen LogP) is 0.784. The maximum Gasteiger partial charge on any atom is 0.248 e. The van der Waals surface area contributed by atoms with Crippen LogP contribution in [0.4, 0.5) is 0 Å². The number of carbonyl (C=O) groups is 2. The fourth-order valence-corrected chi connectivity index (χ4v) is 2.43. The van der Waals surface area contributed by atoms with E-state index in [0.29, 0.717) is 13.1 Å². The maximum absolute atomic E-state index is 12.3. The van der Waals surface area contributed by atoms with Crippen LogP contribution >= 0.6 is 0 Å². The van der Waals surface area contributed by atoms with Crippen molar-refractivity contribution in [2.75, 3.05) is 13.1 Å². The van der Waals surface area contributed by atoms with Crippen LogP contribution in [-0.4, -0.2) is 46.3 Å². The van der Waals surface area contributed by atoms with Crippen molar-refractivity contribution in [1.82, 2.24) is 9.80 Å². The fourth-order valence-electron chi connectivity index (χ4n) is 2.43. The number of amides is 2. The summed E-state index contributed by atoms with van der Waals surface area (Å²) in [4.78, 5) is 27.5. The van der Waals surface area contributed by atoms with Crippen molar-refractivity contribution in [2.24, 2.45) is 0 Å². The van der Waals surface area contributed by atoms with E-state index in [1.165, 1.54) is 6.08 Å². The Morgan fingerprint density at radius 2 is 2.06 bits per heavy atom. The van der Waals surface area contributed by atoms with E-state index in [0.717, 1.165) is 12.8 Å². The molecule has 2 rings (SSSR count). The summed E-state index contributed by atoms with van der Waals surface area (Å²) in [6.07, 6.45) is 2.90. The SMILES string of the molecule is C=CC(=O)N1CCN(C(C)C)C(=O)C12CC2. The average Bonchev–Trinajstić information content (AvgIpc) is 3.02. The topological polar surface area (TPSA) is 40.6 Å². The number of hydrogen-bond acceptors (Lipinski definition) is 2. The van der Waals surface area contributed by atoms with E-state index in [2.05, 4.69) is 6.58 Å². The molecular formula is C12H18N2O2. The normalized spacial score (nSPS) is 22.8. The van der Waals surface area contributed by atoms with Gasteiger partial charge in [0.15, 0.2) is 0 Å². The standard InChI is InChI=1S/C12H18N2O2/c1-4-10(15)14-8-7-13(9(2)3)11(16)12(14)5-6-12/h4,9H,1,5-8H2,2-3H3. The van der Waals surface area contributed by atoms with Crippen molar-refractivity contribution in [2.45, 2.75) is 38.3 Å². The predicted molar refractivity (Wildman–Crippen MR) is 60.7 cm³/mol. The molecule has 16 heavy (non-hydrogen) atoms. The number of hydrogen-bond donors (Lipinski definition) is 0. The Kier molecular flexibility index (Phi) is 2.52.